The van der Waals surface area contributed by atoms with Gasteiger partial charge in [-0.15, -0.1) is 11.3 Å². The van der Waals surface area contributed by atoms with E-state index in [0.29, 0.717) is 19.4 Å². The number of thiophene rings is 1. The largest absolute Gasteiger partial charge is 0.354 e. The maximum Gasteiger partial charge on any atom is 0.220 e. The summed E-state index contributed by atoms with van der Waals surface area (Å²) in [5.74, 6) is -0.222. The van der Waals surface area contributed by atoms with Crippen LogP contribution in [0.5, 0.6) is 0 Å². The molecule has 3 rings (SSSR count). The quantitative estimate of drug-likeness (QED) is 0.828. The summed E-state index contributed by atoms with van der Waals surface area (Å²) >= 11 is 1.75. The molecule has 24 heavy (non-hydrogen) atoms. The highest BCUT2D eigenvalue weighted by atomic mass is 32.1. The Labute approximate surface area is 146 Å². The minimum atomic E-state index is -0.250. The molecule has 128 valence electrons. The van der Waals surface area contributed by atoms with E-state index in [0.717, 1.165) is 18.7 Å². The van der Waals surface area contributed by atoms with E-state index >= 15 is 0 Å². The van der Waals surface area contributed by atoms with E-state index in [1.165, 1.54) is 29.9 Å². The van der Waals surface area contributed by atoms with Crippen LogP contribution in [0.4, 0.5) is 4.39 Å². The van der Waals surface area contributed by atoms with Crippen molar-refractivity contribution in [2.75, 3.05) is 19.6 Å². The molecule has 2 heterocycles. The van der Waals surface area contributed by atoms with Crippen LogP contribution in [0.2, 0.25) is 0 Å². The molecule has 3 nitrogen and oxygen atoms in total. The number of hydrogen-bond acceptors (Lipinski definition) is 3. The van der Waals surface area contributed by atoms with Gasteiger partial charge in [0.25, 0.3) is 0 Å². The zero-order valence-corrected chi connectivity index (χ0v) is 14.5. The summed E-state index contributed by atoms with van der Waals surface area (Å²) in [5, 5.41) is 5.15. The van der Waals surface area contributed by atoms with E-state index in [9.17, 15) is 9.18 Å². The number of rotatable bonds is 7. The van der Waals surface area contributed by atoms with Gasteiger partial charge >= 0.3 is 0 Å². The fourth-order valence-corrected chi connectivity index (χ4v) is 4.05. The summed E-state index contributed by atoms with van der Waals surface area (Å²) in [6.45, 7) is 2.84. The van der Waals surface area contributed by atoms with Gasteiger partial charge in [0.05, 0.1) is 6.04 Å². The van der Waals surface area contributed by atoms with Crippen molar-refractivity contribution in [1.29, 1.82) is 0 Å². The highest BCUT2D eigenvalue weighted by Gasteiger charge is 2.24. The molecule has 0 radical (unpaired) electrons. The van der Waals surface area contributed by atoms with Gasteiger partial charge in [-0.1, -0.05) is 18.2 Å². The Morgan fingerprint density at radius 2 is 2.08 bits per heavy atom. The molecule has 0 bridgehead atoms. The van der Waals surface area contributed by atoms with Crippen molar-refractivity contribution >= 4 is 17.2 Å². The molecule has 1 N–H and O–H groups in total. The van der Waals surface area contributed by atoms with Crippen molar-refractivity contribution in [2.45, 2.75) is 31.7 Å². The topological polar surface area (TPSA) is 32.3 Å². The fourth-order valence-electron chi connectivity index (χ4n) is 3.19. The molecule has 1 atom stereocenters. The molecule has 1 aromatic carbocycles. The first-order valence-corrected chi connectivity index (χ1v) is 9.39. The summed E-state index contributed by atoms with van der Waals surface area (Å²) in [4.78, 5) is 15.9. The third-order valence-electron chi connectivity index (χ3n) is 4.48. The van der Waals surface area contributed by atoms with Crippen LogP contribution >= 0.6 is 11.3 Å². The van der Waals surface area contributed by atoms with E-state index in [4.69, 9.17) is 0 Å². The van der Waals surface area contributed by atoms with Crippen molar-refractivity contribution in [2.24, 2.45) is 0 Å². The second kappa shape index (κ2) is 8.40. The Kier molecular flexibility index (Phi) is 5.99. The summed E-state index contributed by atoms with van der Waals surface area (Å²) in [7, 11) is 0. The molecule has 1 aliphatic heterocycles. The molecule has 1 amide bonds. The number of hydrogen-bond donors (Lipinski definition) is 1. The van der Waals surface area contributed by atoms with E-state index in [-0.39, 0.29) is 17.8 Å². The van der Waals surface area contributed by atoms with Crippen LogP contribution in [0.3, 0.4) is 0 Å². The first-order chi connectivity index (χ1) is 11.7. The number of benzene rings is 1. The monoisotopic (exact) mass is 346 g/mol. The number of nitrogens with zero attached hydrogens (tertiary/aromatic N) is 1. The van der Waals surface area contributed by atoms with E-state index in [1.54, 1.807) is 17.4 Å². The average molecular weight is 346 g/mol. The lowest BCUT2D eigenvalue weighted by atomic mass is 10.1. The Bertz CT molecular complexity index is 653. The highest BCUT2D eigenvalue weighted by molar-refractivity contribution is 7.10. The predicted molar refractivity (Wildman–Crippen MR) is 95.6 cm³/mol. The molecule has 2 aromatic rings. The standard InChI is InChI=1S/C19H23FN2OS/c20-16-6-3-5-15(13-16)8-9-19(23)21-14-17(18-7-4-12-24-18)22-10-1-2-11-22/h3-7,12-13,17H,1-2,8-11,14H2,(H,21,23). The lowest BCUT2D eigenvalue weighted by Crippen LogP contribution is -2.36. The summed E-state index contributed by atoms with van der Waals surface area (Å²) in [6, 6.07) is 10.9. The molecule has 0 spiro atoms. The van der Waals surface area contributed by atoms with Gasteiger partial charge in [0.1, 0.15) is 5.82 Å². The van der Waals surface area contributed by atoms with E-state index in [1.807, 2.05) is 6.07 Å². The molecule has 5 heteroatoms. The molecular formula is C19H23FN2OS. The second-order valence-corrected chi connectivity index (χ2v) is 7.19. The van der Waals surface area contributed by atoms with Crippen LogP contribution in [-0.2, 0) is 11.2 Å². The minimum absolute atomic E-state index is 0.0278. The first kappa shape index (κ1) is 17.1. The lowest BCUT2D eigenvalue weighted by molar-refractivity contribution is -0.121. The Morgan fingerprint density at radius 3 is 2.79 bits per heavy atom. The number of amides is 1. The summed E-state index contributed by atoms with van der Waals surface area (Å²) in [5.41, 5.74) is 0.861. The fraction of sp³-hybridized carbons (Fsp3) is 0.421. The minimum Gasteiger partial charge on any atom is -0.354 e. The molecule has 0 aliphatic carbocycles. The Hall–Kier alpha value is -1.72. The van der Waals surface area contributed by atoms with Gasteiger partial charge in [0.2, 0.25) is 5.91 Å². The van der Waals surface area contributed by atoms with Crippen LogP contribution < -0.4 is 5.32 Å². The number of nitrogens with one attached hydrogen (secondary N) is 1. The predicted octanol–water partition coefficient (Wildman–Crippen LogP) is 3.77. The highest BCUT2D eigenvalue weighted by Crippen LogP contribution is 2.27. The molecule has 0 saturated carbocycles. The van der Waals surface area contributed by atoms with Crippen LogP contribution in [0.25, 0.3) is 0 Å². The Morgan fingerprint density at radius 1 is 1.25 bits per heavy atom. The Balaban J connectivity index is 1.51. The molecule has 1 aliphatic rings. The average Bonchev–Trinajstić information content (AvgIpc) is 3.27. The van der Waals surface area contributed by atoms with E-state index in [2.05, 4.69) is 27.7 Å². The van der Waals surface area contributed by atoms with Gasteiger partial charge in [-0.3, -0.25) is 9.69 Å². The van der Waals surface area contributed by atoms with Crippen LogP contribution in [0.15, 0.2) is 41.8 Å². The number of carbonyl (C=O) groups is 1. The zero-order chi connectivity index (χ0) is 16.8. The summed E-state index contributed by atoms with van der Waals surface area (Å²) in [6.07, 6.45) is 3.42. The van der Waals surface area contributed by atoms with Crippen LogP contribution in [0.1, 0.15) is 35.7 Å². The van der Waals surface area contributed by atoms with Gasteiger partial charge in [-0.2, -0.15) is 0 Å². The summed E-state index contributed by atoms with van der Waals surface area (Å²) < 4.78 is 13.2. The molecule has 1 aromatic heterocycles. The third-order valence-corrected chi connectivity index (χ3v) is 5.45. The van der Waals surface area contributed by atoms with Gasteiger partial charge in [-0.25, -0.2) is 4.39 Å². The van der Waals surface area contributed by atoms with Gasteiger partial charge in [-0.05, 0) is 61.5 Å². The van der Waals surface area contributed by atoms with Gasteiger partial charge in [0, 0.05) is 17.8 Å². The molecule has 1 unspecified atom stereocenters. The smallest absolute Gasteiger partial charge is 0.220 e. The zero-order valence-electron chi connectivity index (χ0n) is 13.7. The normalized spacial score (nSPS) is 16.2. The van der Waals surface area contributed by atoms with Crippen molar-refractivity contribution in [3.05, 3.63) is 58.0 Å². The van der Waals surface area contributed by atoms with Crippen LogP contribution in [-0.4, -0.2) is 30.4 Å². The number of aryl methyl sites for hydroxylation is 1. The van der Waals surface area contributed by atoms with Crippen molar-refractivity contribution in [3.8, 4) is 0 Å². The first-order valence-electron chi connectivity index (χ1n) is 8.51. The molecular weight excluding hydrogens is 323 g/mol. The molecule has 1 saturated heterocycles. The van der Waals surface area contributed by atoms with Gasteiger partial charge in [0.15, 0.2) is 0 Å². The van der Waals surface area contributed by atoms with E-state index < -0.39 is 0 Å². The number of carbonyl (C=O) groups excluding carboxylic acids is 1. The maximum atomic E-state index is 13.2. The molecule has 1 fully saturated rings. The maximum absolute atomic E-state index is 13.2. The third kappa shape index (κ3) is 4.65. The van der Waals surface area contributed by atoms with Crippen molar-refractivity contribution in [1.82, 2.24) is 10.2 Å². The van der Waals surface area contributed by atoms with Crippen molar-refractivity contribution < 1.29 is 9.18 Å². The van der Waals surface area contributed by atoms with Crippen LogP contribution in [0, 0.1) is 5.82 Å². The lowest BCUT2D eigenvalue weighted by Gasteiger charge is -2.26. The SMILES string of the molecule is O=C(CCc1cccc(F)c1)NCC(c1cccs1)N1CCCC1. The second-order valence-electron chi connectivity index (χ2n) is 6.21. The van der Waals surface area contributed by atoms with Crippen molar-refractivity contribution in [3.63, 3.8) is 0 Å². The number of likely N-dealkylation sites (tertiary alicyclic amines) is 1. The van der Waals surface area contributed by atoms with Gasteiger partial charge < -0.3 is 5.32 Å². The number of halogens is 1.